The zero-order valence-electron chi connectivity index (χ0n) is 11.8. The second-order valence-electron chi connectivity index (χ2n) is 6.23. The van der Waals surface area contributed by atoms with Crippen LogP contribution in [0.5, 0.6) is 0 Å². The SMILES string of the molecule is CC(C)(C)NCC1CCCCN1Cc1cscn1. The van der Waals surface area contributed by atoms with E-state index >= 15 is 0 Å². The molecular formula is C14H25N3S. The van der Waals surface area contributed by atoms with Crippen molar-refractivity contribution < 1.29 is 0 Å². The van der Waals surface area contributed by atoms with E-state index in [1.54, 1.807) is 11.3 Å². The molecule has 4 heteroatoms. The van der Waals surface area contributed by atoms with Gasteiger partial charge in [-0.25, -0.2) is 4.98 Å². The van der Waals surface area contributed by atoms with Crippen molar-refractivity contribution in [3.05, 3.63) is 16.6 Å². The average Bonchev–Trinajstić information content (AvgIpc) is 2.80. The lowest BCUT2D eigenvalue weighted by Crippen LogP contribution is -2.49. The zero-order chi connectivity index (χ0) is 13.0. The Labute approximate surface area is 115 Å². The monoisotopic (exact) mass is 267 g/mol. The lowest BCUT2D eigenvalue weighted by atomic mass is 10.0. The average molecular weight is 267 g/mol. The van der Waals surface area contributed by atoms with Gasteiger partial charge in [-0.3, -0.25) is 4.90 Å². The van der Waals surface area contributed by atoms with Crippen LogP contribution in [0.3, 0.4) is 0 Å². The predicted molar refractivity (Wildman–Crippen MR) is 77.9 cm³/mol. The molecule has 0 aliphatic carbocycles. The lowest BCUT2D eigenvalue weighted by molar-refractivity contribution is 0.130. The summed E-state index contributed by atoms with van der Waals surface area (Å²) >= 11 is 1.69. The minimum absolute atomic E-state index is 0.212. The third-order valence-electron chi connectivity index (χ3n) is 3.47. The molecule has 2 rings (SSSR count). The highest BCUT2D eigenvalue weighted by atomic mass is 32.1. The van der Waals surface area contributed by atoms with Gasteiger partial charge < -0.3 is 5.32 Å². The van der Waals surface area contributed by atoms with Crippen LogP contribution >= 0.6 is 11.3 Å². The van der Waals surface area contributed by atoms with Gasteiger partial charge in [0.15, 0.2) is 0 Å². The summed E-state index contributed by atoms with van der Waals surface area (Å²) in [6.45, 7) is 10.0. The Kier molecular flexibility index (Phi) is 4.76. The molecule has 1 aliphatic rings. The third-order valence-corrected chi connectivity index (χ3v) is 4.10. The fourth-order valence-electron chi connectivity index (χ4n) is 2.45. The molecule has 0 amide bonds. The van der Waals surface area contributed by atoms with Crippen molar-refractivity contribution in [3.8, 4) is 0 Å². The Morgan fingerprint density at radius 2 is 2.28 bits per heavy atom. The third kappa shape index (κ3) is 4.34. The highest BCUT2D eigenvalue weighted by molar-refractivity contribution is 7.07. The molecule has 2 heterocycles. The smallest absolute Gasteiger partial charge is 0.0795 e. The number of rotatable bonds is 4. The van der Waals surface area contributed by atoms with E-state index in [4.69, 9.17) is 0 Å². The van der Waals surface area contributed by atoms with Gasteiger partial charge in [-0.2, -0.15) is 0 Å². The molecular weight excluding hydrogens is 242 g/mol. The van der Waals surface area contributed by atoms with Crippen molar-refractivity contribution in [3.63, 3.8) is 0 Å². The maximum Gasteiger partial charge on any atom is 0.0795 e. The number of piperidine rings is 1. The highest BCUT2D eigenvalue weighted by Crippen LogP contribution is 2.19. The number of aromatic nitrogens is 1. The lowest BCUT2D eigenvalue weighted by Gasteiger charge is -2.37. The molecule has 1 N–H and O–H groups in total. The summed E-state index contributed by atoms with van der Waals surface area (Å²) in [7, 11) is 0. The van der Waals surface area contributed by atoms with E-state index in [1.165, 1.54) is 31.5 Å². The molecule has 0 spiro atoms. The Hall–Kier alpha value is -0.450. The van der Waals surface area contributed by atoms with Gasteiger partial charge in [0.1, 0.15) is 0 Å². The number of nitrogens with zero attached hydrogens (tertiary/aromatic N) is 2. The minimum atomic E-state index is 0.212. The topological polar surface area (TPSA) is 28.2 Å². The van der Waals surface area contributed by atoms with Crippen LogP contribution in [0.15, 0.2) is 10.9 Å². The van der Waals surface area contributed by atoms with Crippen LogP contribution in [0, 0.1) is 0 Å². The van der Waals surface area contributed by atoms with Crippen LogP contribution < -0.4 is 5.32 Å². The Bertz CT molecular complexity index is 342. The van der Waals surface area contributed by atoms with Gasteiger partial charge in [0, 0.05) is 30.1 Å². The Morgan fingerprint density at radius 3 is 2.94 bits per heavy atom. The minimum Gasteiger partial charge on any atom is -0.311 e. The summed E-state index contributed by atoms with van der Waals surface area (Å²) in [6.07, 6.45) is 4.01. The van der Waals surface area contributed by atoms with E-state index in [2.05, 4.69) is 41.4 Å². The van der Waals surface area contributed by atoms with Gasteiger partial charge in [-0.05, 0) is 40.2 Å². The van der Waals surface area contributed by atoms with Gasteiger partial charge in [0.05, 0.1) is 11.2 Å². The summed E-state index contributed by atoms with van der Waals surface area (Å²) in [5, 5.41) is 5.81. The highest BCUT2D eigenvalue weighted by Gasteiger charge is 2.24. The van der Waals surface area contributed by atoms with E-state index in [0.29, 0.717) is 6.04 Å². The molecule has 1 unspecified atom stereocenters. The van der Waals surface area contributed by atoms with Crippen molar-refractivity contribution >= 4 is 11.3 Å². The van der Waals surface area contributed by atoms with Crippen LogP contribution in [0.25, 0.3) is 0 Å². The summed E-state index contributed by atoms with van der Waals surface area (Å²) in [5.41, 5.74) is 3.37. The molecule has 1 aliphatic heterocycles. The number of hydrogen-bond acceptors (Lipinski definition) is 4. The fraction of sp³-hybridized carbons (Fsp3) is 0.786. The molecule has 102 valence electrons. The van der Waals surface area contributed by atoms with Crippen LogP contribution in [-0.4, -0.2) is 34.6 Å². The molecule has 1 atom stereocenters. The molecule has 0 aromatic carbocycles. The first-order valence-corrected chi connectivity index (χ1v) is 7.85. The van der Waals surface area contributed by atoms with Crippen LogP contribution in [0.4, 0.5) is 0 Å². The zero-order valence-corrected chi connectivity index (χ0v) is 12.6. The van der Waals surface area contributed by atoms with Gasteiger partial charge >= 0.3 is 0 Å². The standard InChI is InChI=1S/C14H25N3S/c1-14(2,3)16-8-13-6-4-5-7-17(13)9-12-10-18-11-15-12/h10-11,13,16H,4-9H2,1-3H3. The van der Waals surface area contributed by atoms with Crippen LogP contribution in [0.2, 0.25) is 0 Å². The van der Waals surface area contributed by atoms with Gasteiger partial charge in [-0.1, -0.05) is 6.42 Å². The van der Waals surface area contributed by atoms with Crippen LogP contribution in [0.1, 0.15) is 45.7 Å². The van der Waals surface area contributed by atoms with Crippen molar-refractivity contribution in [2.75, 3.05) is 13.1 Å². The Balaban J connectivity index is 1.89. The van der Waals surface area contributed by atoms with Crippen molar-refractivity contribution in [1.82, 2.24) is 15.2 Å². The van der Waals surface area contributed by atoms with E-state index in [-0.39, 0.29) is 5.54 Å². The van der Waals surface area contributed by atoms with Crippen LogP contribution in [-0.2, 0) is 6.54 Å². The van der Waals surface area contributed by atoms with Crippen molar-refractivity contribution in [1.29, 1.82) is 0 Å². The fourth-order valence-corrected chi connectivity index (χ4v) is 3.00. The first-order chi connectivity index (χ1) is 8.54. The first kappa shape index (κ1) is 14.0. The molecule has 1 fully saturated rings. The summed E-state index contributed by atoms with van der Waals surface area (Å²) in [5.74, 6) is 0. The van der Waals surface area contributed by atoms with Gasteiger partial charge in [0.25, 0.3) is 0 Å². The Morgan fingerprint density at radius 1 is 1.44 bits per heavy atom. The number of nitrogens with one attached hydrogen (secondary N) is 1. The molecule has 1 aromatic rings. The van der Waals surface area contributed by atoms with E-state index in [1.807, 2.05) is 5.51 Å². The molecule has 1 aromatic heterocycles. The van der Waals surface area contributed by atoms with Crippen molar-refractivity contribution in [2.24, 2.45) is 0 Å². The summed E-state index contributed by atoms with van der Waals surface area (Å²) < 4.78 is 0. The van der Waals surface area contributed by atoms with E-state index in [9.17, 15) is 0 Å². The number of thiazole rings is 1. The summed E-state index contributed by atoms with van der Waals surface area (Å²) in [6, 6.07) is 0.666. The molecule has 0 bridgehead atoms. The van der Waals surface area contributed by atoms with E-state index < -0.39 is 0 Å². The molecule has 0 radical (unpaired) electrons. The number of hydrogen-bond donors (Lipinski definition) is 1. The summed E-state index contributed by atoms with van der Waals surface area (Å²) in [4.78, 5) is 7.00. The first-order valence-electron chi connectivity index (χ1n) is 6.91. The second-order valence-corrected chi connectivity index (χ2v) is 6.95. The molecule has 1 saturated heterocycles. The molecule has 18 heavy (non-hydrogen) atoms. The number of likely N-dealkylation sites (tertiary alicyclic amines) is 1. The molecule has 0 saturated carbocycles. The normalized spacial score (nSPS) is 22.3. The maximum atomic E-state index is 4.41. The quantitative estimate of drug-likeness (QED) is 0.909. The second kappa shape index (κ2) is 6.13. The maximum absolute atomic E-state index is 4.41. The predicted octanol–water partition coefficient (Wildman–Crippen LogP) is 2.89. The largest absolute Gasteiger partial charge is 0.311 e. The van der Waals surface area contributed by atoms with Gasteiger partial charge in [-0.15, -0.1) is 11.3 Å². The van der Waals surface area contributed by atoms with E-state index in [0.717, 1.165) is 13.1 Å². The van der Waals surface area contributed by atoms with Gasteiger partial charge in [0.2, 0.25) is 0 Å². The molecule has 3 nitrogen and oxygen atoms in total. The van der Waals surface area contributed by atoms with Crippen molar-refractivity contribution in [2.45, 2.75) is 58.2 Å².